The standard InChI is InChI=1S/C27H37F2NO5.C2H6/c1-5-7-23-34-22-12-16-17-11-19(28)18-10-15(31)8-9-24(18,3)26(17,29)20(32)13-25(16,4)27(22,35-23)21(33)14-30-6-2;1-2/h8-10,16-17,19-20,22-23,30,32H,5-7,11-14H2,1-4H3;1-2H3/t16?,17?,19-,20?,22?,23?,24?,25?,26-,27?;/m0./s1. The van der Waals surface area contributed by atoms with Crippen LogP contribution in [0.5, 0.6) is 0 Å². The number of aliphatic hydroxyl groups is 1. The predicted molar refractivity (Wildman–Crippen MR) is 136 cm³/mol. The summed E-state index contributed by atoms with van der Waals surface area (Å²) in [5.41, 5.74) is -5.80. The maximum absolute atomic E-state index is 17.3. The molecule has 4 fully saturated rings. The lowest BCUT2D eigenvalue weighted by atomic mass is 9.44. The largest absolute Gasteiger partial charge is 0.390 e. The zero-order valence-corrected chi connectivity index (χ0v) is 23.0. The molecule has 6 nitrogen and oxygen atoms in total. The van der Waals surface area contributed by atoms with Gasteiger partial charge in [-0.25, -0.2) is 8.78 Å². The summed E-state index contributed by atoms with van der Waals surface area (Å²) in [6.07, 6.45) is 1.43. The van der Waals surface area contributed by atoms with E-state index in [1.165, 1.54) is 18.2 Å². The second kappa shape index (κ2) is 9.92. The van der Waals surface area contributed by atoms with Crippen molar-refractivity contribution in [1.29, 1.82) is 0 Å². The summed E-state index contributed by atoms with van der Waals surface area (Å²) in [5, 5.41) is 14.6. The Balaban J connectivity index is 0.00000156. The second-order valence-corrected chi connectivity index (χ2v) is 11.5. The van der Waals surface area contributed by atoms with Gasteiger partial charge >= 0.3 is 0 Å². The van der Waals surface area contributed by atoms with Crippen molar-refractivity contribution in [3.63, 3.8) is 0 Å². The van der Waals surface area contributed by atoms with Gasteiger partial charge in [-0.1, -0.05) is 47.1 Å². The minimum Gasteiger partial charge on any atom is -0.390 e. The van der Waals surface area contributed by atoms with Gasteiger partial charge in [-0.15, -0.1) is 0 Å². The fourth-order valence-corrected chi connectivity index (χ4v) is 8.26. The van der Waals surface area contributed by atoms with Crippen molar-refractivity contribution in [3.05, 3.63) is 23.8 Å². The van der Waals surface area contributed by atoms with Crippen molar-refractivity contribution < 1.29 is 33.0 Å². The number of ketones is 2. The number of carbonyl (C=O) groups is 2. The van der Waals surface area contributed by atoms with Crippen molar-refractivity contribution in [2.75, 3.05) is 13.1 Å². The van der Waals surface area contributed by atoms with E-state index in [2.05, 4.69) is 5.32 Å². The zero-order chi connectivity index (χ0) is 27.4. The molecule has 0 bridgehead atoms. The number of carbonyl (C=O) groups excluding carboxylic acids is 2. The Labute approximate surface area is 219 Å². The smallest absolute Gasteiger partial charge is 0.181 e. The number of allylic oxidation sites excluding steroid dienone is 4. The SMILES string of the molecule is CC.CCCC1OC2CC3C4C[C@H](F)C5=CC(=O)C=CC5(C)[C@@]4(F)C(O)CC3(C)C2(C(=O)CNCC)O1. The molecule has 1 aliphatic heterocycles. The Bertz CT molecular complexity index is 985. The number of ether oxygens (including phenoxy) is 2. The summed E-state index contributed by atoms with van der Waals surface area (Å²) in [5.74, 6) is -1.83. The number of rotatable bonds is 6. The number of alkyl halides is 2. The highest BCUT2D eigenvalue weighted by atomic mass is 19.1. The van der Waals surface area contributed by atoms with Crippen LogP contribution in [0.2, 0.25) is 0 Å². The maximum atomic E-state index is 17.3. The Morgan fingerprint density at radius 2 is 1.92 bits per heavy atom. The number of halogens is 2. The molecule has 0 aromatic carbocycles. The minimum atomic E-state index is -2.18. The second-order valence-electron chi connectivity index (χ2n) is 11.5. The van der Waals surface area contributed by atoms with E-state index in [9.17, 15) is 14.7 Å². The number of hydrogen-bond donors (Lipinski definition) is 2. The van der Waals surface area contributed by atoms with Gasteiger partial charge in [0.05, 0.1) is 18.8 Å². The van der Waals surface area contributed by atoms with Crippen LogP contribution in [0.1, 0.15) is 73.6 Å². The number of likely N-dealkylation sites (N-methyl/N-ethyl adjacent to an activating group) is 1. The molecule has 208 valence electrons. The molecule has 8 heteroatoms. The summed E-state index contributed by atoms with van der Waals surface area (Å²) in [7, 11) is 0. The molecule has 0 radical (unpaired) electrons. The molecule has 2 N–H and O–H groups in total. The molecule has 5 rings (SSSR count). The van der Waals surface area contributed by atoms with E-state index in [0.717, 1.165) is 6.42 Å². The van der Waals surface area contributed by atoms with Crippen molar-refractivity contribution >= 4 is 11.6 Å². The minimum absolute atomic E-state index is 0.0111. The fraction of sp³-hybridized carbons (Fsp3) is 0.793. The van der Waals surface area contributed by atoms with Crippen LogP contribution in [0, 0.1) is 22.7 Å². The Kier molecular flexibility index (Phi) is 7.65. The first-order chi connectivity index (χ1) is 17.5. The molecule has 10 atom stereocenters. The third-order valence-electron chi connectivity index (χ3n) is 9.90. The van der Waals surface area contributed by atoms with Gasteiger partial charge in [-0.3, -0.25) is 9.59 Å². The van der Waals surface area contributed by atoms with Crippen LogP contribution in [0.25, 0.3) is 0 Å². The maximum Gasteiger partial charge on any atom is 0.181 e. The average Bonchev–Trinajstić information content (AvgIpc) is 3.35. The molecule has 0 aromatic heterocycles. The molecular formula is C29H43F2NO5. The van der Waals surface area contributed by atoms with E-state index in [1.807, 2.05) is 34.6 Å². The van der Waals surface area contributed by atoms with Gasteiger partial charge in [0, 0.05) is 16.7 Å². The number of nitrogens with one attached hydrogen (secondary N) is 1. The van der Waals surface area contributed by atoms with E-state index < -0.39 is 58.6 Å². The third kappa shape index (κ3) is 3.69. The first-order valence-electron chi connectivity index (χ1n) is 14.0. The van der Waals surface area contributed by atoms with Crippen LogP contribution in [-0.2, 0) is 19.1 Å². The van der Waals surface area contributed by atoms with E-state index in [4.69, 9.17) is 9.47 Å². The quantitative estimate of drug-likeness (QED) is 0.537. The van der Waals surface area contributed by atoms with Gasteiger partial charge in [-0.05, 0) is 62.8 Å². The van der Waals surface area contributed by atoms with Gasteiger partial charge < -0.3 is 19.9 Å². The molecule has 3 saturated carbocycles. The fourth-order valence-electron chi connectivity index (χ4n) is 8.26. The number of fused-ring (bicyclic) bond motifs is 7. The van der Waals surface area contributed by atoms with Crippen LogP contribution in [0.4, 0.5) is 8.78 Å². The van der Waals surface area contributed by atoms with Crippen LogP contribution >= 0.6 is 0 Å². The topological polar surface area (TPSA) is 84.9 Å². The van der Waals surface area contributed by atoms with E-state index in [0.29, 0.717) is 19.4 Å². The summed E-state index contributed by atoms with van der Waals surface area (Å²) in [4.78, 5) is 25.8. The van der Waals surface area contributed by atoms with Gasteiger partial charge in [0.1, 0.15) is 6.17 Å². The highest BCUT2D eigenvalue weighted by Gasteiger charge is 2.79. The Morgan fingerprint density at radius 1 is 1.22 bits per heavy atom. The van der Waals surface area contributed by atoms with Crippen molar-refractivity contribution in [1.82, 2.24) is 5.32 Å². The van der Waals surface area contributed by atoms with Crippen LogP contribution in [0.15, 0.2) is 23.8 Å². The predicted octanol–water partition coefficient (Wildman–Crippen LogP) is 4.40. The first kappa shape index (κ1) is 28.5. The summed E-state index contributed by atoms with van der Waals surface area (Å²) >= 11 is 0. The van der Waals surface area contributed by atoms with Crippen molar-refractivity contribution in [3.8, 4) is 0 Å². The first-order valence-corrected chi connectivity index (χ1v) is 14.0. The average molecular weight is 524 g/mol. The summed E-state index contributed by atoms with van der Waals surface area (Å²) < 4.78 is 45.7. The van der Waals surface area contributed by atoms with Gasteiger partial charge in [0.15, 0.2) is 29.1 Å². The van der Waals surface area contributed by atoms with Gasteiger partial charge in [0.25, 0.3) is 0 Å². The molecule has 0 spiro atoms. The molecule has 0 amide bonds. The lowest BCUT2D eigenvalue weighted by molar-refractivity contribution is -0.233. The molecule has 37 heavy (non-hydrogen) atoms. The number of Topliss-reactive ketones (excluding diaryl/α,β-unsaturated/α-hetero) is 1. The van der Waals surface area contributed by atoms with Crippen LogP contribution < -0.4 is 5.32 Å². The molecule has 8 unspecified atom stereocenters. The summed E-state index contributed by atoms with van der Waals surface area (Å²) in [6.45, 7) is 12.1. The van der Waals surface area contributed by atoms with Crippen molar-refractivity contribution in [2.24, 2.45) is 22.7 Å². The molecule has 1 heterocycles. The van der Waals surface area contributed by atoms with E-state index >= 15 is 8.78 Å². The highest BCUT2D eigenvalue weighted by molar-refractivity contribution is 6.01. The molecule has 4 aliphatic carbocycles. The lowest BCUT2D eigenvalue weighted by Crippen LogP contribution is -2.71. The highest BCUT2D eigenvalue weighted by Crippen LogP contribution is 2.72. The zero-order valence-electron chi connectivity index (χ0n) is 23.0. The molecule has 0 aromatic rings. The molecule has 1 saturated heterocycles. The molecular weight excluding hydrogens is 480 g/mol. The lowest BCUT2D eigenvalue weighted by Gasteiger charge is -2.63. The number of hydrogen-bond acceptors (Lipinski definition) is 6. The van der Waals surface area contributed by atoms with Gasteiger partial charge in [0.2, 0.25) is 0 Å². The number of aliphatic hydroxyl groups excluding tert-OH is 1. The molecule has 5 aliphatic rings. The van der Waals surface area contributed by atoms with Gasteiger partial charge in [-0.2, -0.15) is 0 Å². The Hall–Kier alpha value is -1.48. The van der Waals surface area contributed by atoms with Crippen LogP contribution in [-0.4, -0.2) is 65.7 Å². The van der Waals surface area contributed by atoms with E-state index in [1.54, 1.807) is 6.92 Å². The van der Waals surface area contributed by atoms with E-state index in [-0.39, 0.29) is 36.5 Å². The Morgan fingerprint density at radius 3 is 2.57 bits per heavy atom. The monoisotopic (exact) mass is 523 g/mol. The third-order valence-corrected chi connectivity index (χ3v) is 9.90. The van der Waals surface area contributed by atoms with Crippen molar-refractivity contribution in [2.45, 2.75) is 110 Å². The van der Waals surface area contributed by atoms with Crippen LogP contribution in [0.3, 0.4) is 0 Å². The normalized spacial score (nSPS) is 47.7. The summed E-state index contributed by atoms with van der Waals surface area (Å²) in [6, 6.07) is 0.